The Morgan fingerprint density at radius 3 is 2.85 bits per heavy atom. The fraction of sp³-hybridized carbons (Fsp3) is 0.400. The van der Waals surface area contributed by atoms with Crippen LogP contribution in [0.15, 0.2) is 42.5 Å². The van der Waals surface area contributed by atoms with Gasteiger partial charge in [0, 0.05) is 36.8 Å². The fourth-order valence-electron chi connectivity index (χ4n) is 3.81. The molecule has 0 radical (unpaired) electrons. The highest BCUT2D eigenvalue weighted by atomic mass is 19.1. The topological polar surface area (TPSA) is 57.3 Å². The van der Waals surface area contributed by atoms with Gasteiger partial charge in [-0.25, -0.2) is 9.82 Å². The average molecular weight is 354 g/mol. The summed E-state index contributed by atoms with van der Waals surface area (Å²) in [5, 5.41) is 0. The van der Waals surface area contributed by atoms with Crippen molar-refractivity contribution in [2.24, 2.45) is 0 Å². The summed E-state index contributed by atoms with van der Waals surface area (Å²) in [7, 11) is 0. The van der Waals surface area contributed by atoms with E-state index in [1.165, 1.54) is 6.07 Å². The number of hydrogen-bond donors (Lipinski definition) is 2. The third-order valence-corrected chi connectivity index (χ3v) is 5.20. The number of aromatic nitrogens is 1. The van der Waals surface area contributed by atoms with Gasteiger partial charge in [0.15, 0.2) is 0 Å². The van der Waals surface area contributed by atoms with E-state index in [0.29, 0.717) is 17.8 Å². The quantitative estimate of drug-likeness (QED) is 0.889. The lowest BCUT2D eigenvalue weighted by molar-refractivity contribution is -0.134. The van der Waals surface area contributed by atoms with Gasteiger partial charge in [0.05, 0.1) is 5.69 Å². The third-order valence-electron chi connectivity index (χ3n) is 5.20. The van der Waals surface area contributed by atoms with E-state index in [1.807, 2.05) is 29.2 Å². The van der Waals surface area contributed by atoms with Crippen LogP contribution in [-0.4, -0.2) is 41.5 Å². The van der Waals surface area contributed by atoms with E-state index in [9.17, 15) is 9.18 Å². The molecule has 2 saturated heterocycles. The summed E-state index contributed by atoms with van der Waals surface area (Å²) in [6.45, 7) is 2.28. The van der Waals surface area contributed by atoms with Gasteiger partial charge < -0.3 is 4.90 Å². The summed E-state index contributed by atoms with van der Waals surface area (Å²) in [6.07, 6.45) is 2.77. The van der Waals surface area contributed by atoms with Crippen molar-refractivity contribution in [2.45, 2.75) is 31.2 Å². The summed E-state index contributed by atoms with van der Waals surface area (Å²) in [5.74, 6) is 0.0798. The number of amides is 1. The number of carbonyl (C=O) groups is 1. The molecule has 2 aliphatic rings. The van der Waals surface area contributed by atoms with E-state index in [-0.39, 0.29) is 23.7 Å². The molecule has 1 aromatic carbocycles. The standard InChI is InChI=1S/C20H23FN4O/c21-16-7-2-1-6-15(16)18-9-3-8-17(23-18)14-5-4-12-25(13-14)20(26)19-10-11-22-24-19/h1-3,6-9,14,19,22,24H,4-5,10-13H2. The zero-order valence-electron chi connectivity index (χ0n) is 14.6. The number of piperidine rings is 1. The minimum atomic E-state index is -0.266. The summed E-state index contributed by atoms with van der Waals surface area (Å²) in [4.78, 5) is 19.3. The number of nitrogens with one attached hydrogen (secondary N) is 2. The van der Waals surface area contributed by atoms with Crippen LogP contribution in [0.3, 0.4) is 0 Å². The number of pyridine rings is 1. The van der Waals surface area contributed by atoms with Gasteiger partial charge in [-0.15, -0.1) is 0 Å². The van der Waals surface area contributed by atoms with Gasteiger partial charge in [-0.3, -0.25) is 15.2 Å². The zero-order chi connectivity index (χ0) is 17.9. The number of carbonyl (C=O) groups excluding carboxylic acids is 1. The first-order valence-electron chi connectivity index (χ1n) is 9.21. The van der Waals surface area contributed by atoms with Gasteiger partial charge in [0.25, 0.3) is 0 Å². The van der Waals surface area contributed by atoms with Gasteiger partial charge in [-0.2, -0.15) is 0 Å². The molecule has 0 bridgehead atoms. The Bertz CT molecular complexity index is 791. The highest BCUT2D eigenvalue weighted by Crippen LogP contribution is 2.29. The smallest absolute Gasteiger partial charge is 0.241 e. The molecule has 2 unspecified atom stereocenters. The predicted octanol–water partition coefficient (Wildman–Crippen LogP) is 2.46. The molecule has 3 heterocycles. The molecule has 0 aliphatic carbocycles. The number of nitrogens with zero attached hydrogens (tertiary/aromatic N) is 2. The Morgan fingerprint density at radius 1 is 1.15 bits per heavy atom. The van der Waals surface area contributed by atoms with Gasteiger partial charge >= 0.3 is 0 Å². The second-order valence-corrected chi connectivity index (χ2v) is 6.96. The Balaban J connectivity index is 1.53. The minimum absolute atomic E-state index is 0.133. The van der Waals surface area contributed by atoms with E-state index >= 15 is 0 Å². The van der Waals surface area contributed by atoms with E-state index in [4.69, 9.17) is 4.98 Å². The van der Waals surface area contributed by atoms with Crippen LogP contribution in [-0.2, 0) is 4.79 Å². The molecule has 0 saturated carbocycles. The van der Waals surface area contributed by atoms with Gasteiger partial charge in [-0.05, 0) is 43.5 Å². The molecule has 2 N–H and O–H groups in total. The van der Waals surface area contributed by atoms with Crippen LogP contribution in [0, 0.1) is 5.82 Å². The number of benzene rings is 1. The number of hydrogen-bond acceptors (Lipinski definition) is 4. The highest BCUT2D eigenvalue weighted by Gasteiger charge is 2.31. The second-order valence-electron chi connectivity index (χ2n) is 6.96. The number of hydrazine groups is 1. The van der Waals surface area contributed by atoms with Crippen LogP contribution in [0.25, 0.3) is 11.3 Å². The van der Waals surface area contributed by atoms with Gasteiger partial charge in [0.1, 0.15) is 11.9 Å². The van der Waals surface area contributed by atoms with Crippen molar-refractivity contribution in [2.75, 3.05) is 19.6 Å². The summed E-state index contributed by atoms with van der Waals surface area (Å²) in [6, 6.07) is 12.3. The summed E-state index contributed by atoms with van der Waals surface area (Å²) in [5.41, 5.74) is 8.16. The molecule has 5 nitrogen and oxygen atoms in total. The van der Waals surface area contributed by atoms with E-state index in [0.717, 1.165) is 38.0 Å². The van der Waals surface area contributed by atoms with Crippen molar-refractivity contribution in [1.29, 1.82) is 0 Å². The van der Waals surface area contributed by atoms with Crippen molar-refractivity contribution >= 4 is 5.91 Å². The van der Waals surface area contributed by atoms with Gasteiger partial charge in [-0.1, -0.05) is 18.2 Å². The predicted molar refractivity (Wildman–Crippen MR) is 97.7 cm³/mol. The van der Waals surface area contributed by atoms with Gasteiger partial charge in [0.2, 0.25) is 5.91 Å². The molecule has 2 fully saturated rings. The maximum absolute atomic E-state index is 14.1. The molecular weight excluding hydrogens is 331 g/mol. The molecule has 1 amide bonds. The monoisotopic (exact) mass is 354 g/mol. The van der Waals surface area contributed by atoms with Crippen molar-refractivity contribution in [3.63, 3.8) is 0 Å². The normalized spacial score (nSPS) is 23.2. The Morgan fingerprint density at radius 2 is 2.04 bits per heavy atom. The van der Waals surface area contributed by atoms with Crippen LogP contribution < -0.4 is 10.9 Å². The molecule has 0 spiro atoms. The third kappa shape index (κ3) is 3.48. The first kappa shape index (κ1) is 17.1. The van der Waals surface area contributed by atoms with E-state index in [1.54, 1.807) is 12.1 Å². The number of likely N-dealkylation sites (tertiary alicyclic amines) is 1. The second kappa shape index (κ2) is 7.51. The maximum atomic E-state index is 14.1. The lowest BCUT2D eigenvalue weighted by atomic mass is 9.93. The van der Waals surface area contributed by atoms with Crippen molar-refractivity contribution in [3.8, 4) is 11.3 Å². The fourth-order valence-corrected chi connectivity index (χ4v) is 3.81. The molecule has 136 valence electrons. The highest BCUT2D eigenvalue weighted by molar-refractivity contribution is 5.82. The molecule has 2 atom stereocenters. The molecule has 1 aromatic heterocycles. The van der Waals surface area contributed by atoms with Crippen LogP contribution in [0.1, 0.15) is 30.9 Å². The lowest BCUT2D eigenvalue weighted by Gasteiger charge is -2.34. The van der Waals surface area contributed by atoms with Crippen molar-refractivity contribution < 1.29 is 9.18 Å². The van der Waals surface area contributed by atoms with Crippen molar-refractivity contribution in [3.05, 3.63) is 54.0 Å². The average Bonchev–Trinajstić information content (AvgIpc) is 3.23. The first-order valence-corrected chi connectivity index (χ1v) is 9.21. The van der Waals surface area contributed by atoms with Crippen LogP contribution in [0.4, 0.5) is 4.39 Å². The maximum Gasteiger partial charge on any atom is 0.241 e. The van der Waals surface area contributed by atoms with E-state index in [2.05, 4.69) is 10.9 Å². The molecule has 2 aromatic rings. The SMILES string of the molecule is O=C(C1CCNN1)N1CCCC(c2cccc(-c3ccccc3F)n2)C1. The van der Waals surface area contributed by atoms with Crippen molar-refractivity contribution in [1.82, 2.24) is 20.7 Å². The summed E-state index contributed by atoms with van der Waals surface area (Å²) >= 11 is 0. The Labute approximate surface area is 152 Å². The molecular formula is C20H23FN4O. The summed E-state index contributed by atoms with van der Waals surface area (Å²) < 4.78 is 14.1. The minimum Gasteiger partial charge on any atom is -0.341 e. The van der Waals surface area contributed by atoms with E-state index < -0.39 is 0 Å². The number of halogens is 1. The molecule has 4 rings (SSSR count). The molecule has 6 heteroatoms. The van der Waals surface area contributed by atoms with Crippen LogP contribution >= 0.6 is 0 Å². The zero-order valence-corrected chi connectivity index (χ0v) is 14.6. The Kier molecular flexibility index (Phi) is 4.95. The lowest BCUT2D eigenvalue weighted by Crippen LogP contribution is -2.48. The van der Waals surface area contributed by atoms with Crippen LogP contribution in [0.2, 0.25) is 0 Å². The molecule has 26 heavy (non-hydrogen) atoms. The largest absolute Gasteiger partial charge is 0.341 e. The Hall–Kier alpha value is -2.31. The van der Waals surface area contributed by atoms with Crippen LogP contribution in [0.5, 0.6) is 0 Å². The number of rotatable bonds is 3. The first-order chi connectivity index (χ1) is 12.7. The molecule has 2 aliphatic heterocycles.